The van der Waals surface area contributed by atoms with Gasteiger partial charge in [0.15, 0.2) is 11.0 Å². The average molecular weight is 200 g/mol. The lowest BCUT2D eigenvalue weighted by molar-refractivity contribution is -0.141. The highest BCUT2D eigenvalue weighted by molar-refractivity contribution is 6.29. The van der Waals surface area contributed by atoms with Gasteiger partial charge in [-0.15, -0.1) is 0 Å². The third-order valence-electron chi connectivity index (χ3n) is 1.09. The van der Waals surface area contributed by atoms with Gasteiger partial charge in [-0.2, -0.15) is 13.2 Å². The van der Waals surface area contributed by atoms with Crippen LogP contribution in [0.15, 0.2) is 12.1 Å². The number of alkyl halides is 3. The van der Waals surface area contributed by atoms with Gasteiger partial charge in [-0.25, -0.2) is 9.37 Å². The van der Waals surface area contributed by atoms with Crippen LogP contribution in [0.3, 0.4) is 0 Å². The van der Waals surface area contributed by atoms with Gasteiger partial charge in [-0.3, -0.25) is 0 Å². The van der Waals surface area contributed by atoms with E-state index in [9.17, 15) is 17.6 Å². The van der Waals surface area contributed by atoms with Gasteiger partial charge in [0, 0.05) is 0 Å². The third-order valence-corrected chi connectivity index (χ3v) is 1.36. The van der Waals surface area contributed by atoms with E-state index in [1.165, 1.54) is 0 Å². The number of rotatable bonds is 0. The van der Waals surface area contributed by atoms with Gasteiger partial charge in [-0.05, 0) is 12.1 Å². The molecule has 1 aromatic heterocycles. The van der Waals surface area contributed by atoms with Crippen molar-refractivity contribution in [3.63, 3.8) is 0 Å². The zero-order chi connectivity index (χ0) is 9.35. The molecule has 6 heteroatoms. The highest BCUT2D eigenvalue weighted by atomic mass is 35.5. The average Bonchev–Trinajstić information content (AvgIpc) is 1.92. The molecule has 0 aromatic carbocycles. The van der Waals surface area contributed by atoms with Crippen LogP contribution in [0.5, 0.6) is 0 Å². The monoisotopic (exact) mass is 199 g/mol. The van der Waals surface area contributed by atoms with Crippen molar-refractivity contribution in [3.05, 3.63) is 28.8 Å². The van der Waals surface area contributed by atoms with E-state index in [0.717, 1.165) is 0 Å². The molecular formula is C6H2ClF4N. The van der Waals surface area contributed by atoms with Gasteiger partial charge in [0.1, 0.15) is 5.69 Å². The van der Waals surface area contributed by atoms with Crippen LogP contribution in [0.25, 0.3) is 0 Å². The summed E-state index contributed by atoms with van der Waals surface area (Å²) in [4.78, 5) is 2.81. The minimum atomic E-state index is -4.59. The first-order valence-electron chi connectivity index (χ1n) is 2.80. The van der Waals surface area contributed by atoms with E-state index in [4.69, 9.17) is 11.6 Å². The summed E-state index contributed by atoms with van der Waals surface area (Å²) in [5.41, 5.74) is -1.20. The number of aromatic nitrogens is 1. The van der Waals surface area contributed by atoms with E-state index in [1.807, 2.05) is 0 Å². The maximum absolute atomic E-state index is 12.3. The van der Waals surface area contributed by atoms with Gasteiger partial charge < -0.3 is 0 Å². The van der Waals surface area contributed by atoms with E-state index < -0.39 is 22.8 Å². The first-order chi connectivity index (χ1) is 5.41. The predicted molar refractivity (Wildman–Crippen MR) is 34.2 cm³/mol. The first-order valence-corrected chi connectivity index (χ1v) is 3.18. The Hall–Kier alpha value is -0.840. The van der Waals surface area contributed by atoms with Gasteiger partial charge >= 0.3 is 6.18 Å². The Labute approximate surface area is 70.0 Å². The summed E-state index contributed by atoms with van der Waals surface area (Å²) in [5.74, 6) is -0.968. The van der Waals surface area contributed by atoms with Crippen molar-refractivity contribution in [2.24, 2.45) is 0 Å². The molecule has 0 radical (unpaired) electrons. The molecule has 0 N–H and O–H groups in total. The predicted octanol–water partition coefficient (Wildman–Crippen LogP) is 2.89. The quantitative estimate of drug-likeness (QED) is 0.463. The van der Waals surface area contributed by atoms with Crippen LogP contribution >= 0.6 is 11.6 Å². The van der Waals surface area contributed by atoms with Crippen LogP contribution in [-0.2, 0) is 6.18 Å². The molecule has 12 heavy (non-hydrogen) atoms. The molecule has 0 fully saturated rings. The Balaban J connectivity index is 3.14. The number of halogens is 5. The zero-order valence-electron chi connectivity index (χ0n) is 5.49. The molecule has 0 aliphatic rings. The molecule has 0 aliphatic heterocycles. The fourth-order valence-electron chi connectivity index (χ4n) is 0.575. The molecule has 0 atom stereocenters. The van der Waals surface area contributed by atoms with Crippen molar-refractivity contribution in [1.29, 1.82) is 0 Å². The lowest BCUT2D eigenvalue weighted by Gasteiger charge is -2.04. The summed E-state index contributed by atoms with van der Waals surface area (Å²) in [6.45, 7) is 0. The van der Waals surface area contributed by atoms with E-state index in [0.29, 0.717) is 12.1 Å². The number of hydrogen-bond acceptors (Lipinski definition) is 1. The second kappa shape index (κ2) is 2.90. The molecule has 0 saturated carbocycles. The first kappa shape index (κ1) is 9.25. The van der Waals surface area contributed by atoms with Crippen LogP contribution in [-0.4, -0.2) is 4.98 Å². The standard InChI is InChI=1S/C6H2ClF4N/c7-5-3(8)1-2-4(12-5)6(9,10)11/h1-2H. The van der Waals surface area contributed by atoms with Crippen LogP contribution in [0.4, 0.5) is 17.6 Å². The van der Waals surface area contributed by atoms with E-state index in [2.05, 4.69) is 4.98 Å². The van der Waals surface area contributed by atoms with Crippen molar-refractivity contribution in [1.82, 2.24) is 4.98 Å². The highest BCUT2D eigenvalue weighted by Crippen LogP contribution is 2.28. The minimum Gasteiger partial charge on any atom is -0.228 e. The number of pyridine rings is 1. The summed E-state index contributed by atoms with van der Waals surface area (Å²) in [7, 11) is 0. The second-order valence-electron chi connectivity index (χ2n) is 1.97. The second-order valence-corrected chi connectivity index (χ2v) is 2.32. The molecule has 0 unspecified atom stereocenters. The van der Waals surface area contributed by atoms with E-state index in [1.54, 1.807) is 0 Å². The van der Waals surface area contributed by atoms with Crippen LogP contribution < -0.4 is 0 Å². The van der Waals surface area contributed by atoms with Crippen molar-refractivity contribution in [3.8, 4) is 0 Å². The molecule has 0 amide bonds. The van der Waals surface area contributed by atoms with Crippen molar-refractivity contribution >= 4 is 11.6 Å². The van der Waals surface area contributed by atoms with Crippen LogP contribution in [0.1, 0.15) is 5.69 Å². The van der Waals surface area contributed by atoms with Gasteiger partial charge in [0.2, 0.25) is 0 Å². The van der Waals surface area contributed by atoms with Crippen molar-refractivity contribution in [2.75, 3.05) is 0 Å². The van der Waals surface area contributed by atoms with Crippen molar-refractivity contribution in [2.45, 2.75) is 6.18 Å². The van der Waals surface area contributed by atoms with Crippen LogP contribution in [0, 0.1) is 5.82 Å². The number of nitrogens with zero attached hydrogens (tertiary/aromatic N) is 1. The molecular weight excluding hydrogens is 198 g/mol. The summed E-state index contributed by atoms with van der Waals surface area (Å²) < 4.78 is 47.9. The Morgan fingerprint density at radius 2 is 1.83 bits per heavy atom. The fraction of sp³-hybridized carbons (Fsp3) is 0.167. The summed E-state index contributed by atoms with van der Waals surface area (Å²) in [6, 6.07) is 1.15. The van der Waals surface area contributed by atoms with Gasteiger partial charge in [0.25, 0.3) is 0 Å². The molecule has 0 spiro atoms. The Bertz CT molecular complexity index is 296. The van der Waals surface area contributed by atoms with E-state index in [-0.39, 0.29) is 0 Å². The fourth-order valence-corrected chi connectivity index (χ4v) is 0.729. The SMILES string of the molecule is Fc1ccc(C(F)(F)F)nc1Cl. The lowest BCUT2D eigenvalue weighted by atomic mass is 10.3. The molecule has 1 rings (SSSR count). The minimum absolute atomic E-state index is 0.529. The van der Waals surface area contributed by atoms with Gasteiger partial charge in [0.05, 0.1) is 0 Å². The Kier molecular flexibility index (Phi) is 2.23. The van der Waals surface area contributed by atoms with Crippen LogP contribution in [0.2, 0.25) is 5.15 Å². The van der Waals surface area contributed by atoms with E-state index >= 15 is 0 Å². The highest BCUT2D eigenvalue weighted by Gasteiger charge is 2.32. The molecule has 0 bridgehead atoms. The number of hydrogen-bond donors (Lipinski definition) is 0. The molecule has 0 aliphatic carbocycles. The Morgan fingerprint density at radius 3 is 2.25 bits per heavy atom. The molecule has 1 nitrogen and oxygen atoms in total. The summed E-state index contributed by atoms with van der Waals surface area (Å²) in [6.07, 6.45) is -4.59. The zero-order valence-corrected chi connectivity index (χ0v) is 6.25. The Morgan fingerprint density at radius 1 is 1.25 bits per heavy atom. The molecule has 1 aromatic rings. The molecule has 66 valence electrons. The largest absolute Gasteiger partial charge is 0.433 e. The summed E-state index contributed by atoms with van der Waals surface area (Å²) in [5, 5.41) is -0.773. The normalized spacial score (nSPS) is 11.8. The maximum atomic E-state index is 12.3. The molecule has 1 heterocycles. The topological polar surface area (TPSA) is 12.9 Å². The molecule has 0 saturated heterocycles. The lowest BCUT2D eigenvalue weighted by Crippen LogP contribution is -2.08. The maximum Gasteiger partial charge on any atom is 0.433 e. The van der Waals surface area contributed by atoms with Crippen molar-refractivity contribution < 1.29 is 17.6 Å². The van der Waals surface area contributed by atoms with Gasteiger partial charge in [-0.1, -0.05) is 11.6 Å². The summed E-state index contributed by atoms with van der Waals surface area (Å²) >= 11 is 5.03. The smallest absolute Gasteiger partial charge is 0.228 e. The third kappa shape index (κ3) is 1.85.